The smallest absolute Gasteiger partial charge is 0.323 e. The number of aryl methyl sites for hydroxylation is 1. The summed E-state index contributed by atoms with van der Waals surface area (Å²) in [4.78, 5) is 15.7. The van der Waals surface area contributed by atoms with E-state index < -0.39 is 0 Å². The lowest BCUT2D eigenvalue weighted by Gasteiger charge is -2.30. The van der Waals surface area contributed by atoms with Gasteiger partial charge >= 0.3 is 5.97 Å². The van der Waals surface area contributed by atoms with E-state index in [4.69, 9.17) is 4.74 Å². The van der Waals surface area contributed by atoms with Gasteiger partial charge in [0.15, 0.2) is 0 Å². The van der Waals surface area contributed by atoms with Gasteiger partial charge in [0.1, 0.15) is 6.04 Å². The van der Waals surface area contributed by atoms with Crippen LogP contribution in [0.15, 0.2) is 54.6 Å². The molecule has 2 heterocycles. The summed E-state index contributed by atoms with van der Waals surface area (Å²) in [7, 11) is 1.45. The van der Waals surface area contributed by atoms with Crippen LogP contribution in [0.5, 0.6) is 0 Å². The molecule has 0 fully saturated rings. The van der Waals surface area contributed by atoms with Crippen LogP contribution in [0.1, 0.15) is 29.3 Å². The Balaban J connectivity index is 1.66. The van der Waals surface area contributed by atoms with Crippen molar-refractivity contribution in [1.82, 2.24) is 10.3 Å². The zero-order valence-corrected chi connectivity index (χ0v) is 14.3. The molecule has 0 radical (unpaired) electrons. The molecule has 1 aliphatic heterocycles. The number of aromatic nitrogens is 1. The molecule has 25 heavy (non-hydrogen) atoms. The number of rotatable bonds is 4. The van der Waals surface area contributed by atoms with E-state index in [-0.39, 0.29) is 18.1 Å². The number of benzene rings is 2. The Hall–Kier alpha value is -2.59. The van der Waals surface area contributed by atoms with E-state index in [1.807, 2.05) is 18.2 Å². The number of ether oxygens (including phenoxy) is 1. The molecule has 0 saturated heterocycles. The lowest BCUT2D eigenvalue weighted by molar-refractivity contribution is -0.143. The molecule has 4 heteroatoms. The Morgan fingerprint density at radius 3 is 2.68 bits per heavy atom. The molecule has 0 aliphatic carbocycles. The number of nitrogens with one attached hydrogen (secondary N) is 2. The molecular weight excluding hydrogens is 312 g/mol. The minimum Gasteiger partial charge on any atom is -0.468 e. The fourth-order valence-electron chi connectivity index (χ4n) is 3.80. The van der Waals surface area contributed by atoms with Crippen LogP contribution < -0.4 is 5.32 Å². The molecule has 2 atom stereocenters. The predicted molar refractivity (Wildman–Crippen MR) is 98.4 cm³/mol. The summed E-state index contributed by atoms with van der Waals surface area (Å²) in [6, 6.07) is 18.6. The molecule has 3 aromatic rings. The molecule has 0 bridgehead atoms. The van der Waals surface area contributed by atoms with Gasteiger partial charge in [0.2, 0.25) is 0 Å². The second-order valence-electron chi connectivity index (χ2n) is 6.59. The zero-order valence-electron chi connectivity index (χ0n) is 14.3. The minimum absolute atomic E-state index is 0.112. The fourth-order valence-corrected chi connectivity index (χ4v) is 3.80. The topological polar surface area (TPSA) is 54.1 Å². The third-order valence-electron chi connectivity index (χ3n) is 5.06. The molecule has 2 unspecified atom stereocenters. The van der Waals surface area contributed by atoms with Crippen LogP contribution in [0, 0.1) is 0 Å². The largest absolute Gasteiger partial charge is 0.468 e. The van der Waals surface area contributed by atoms with Gasteiger partial charge in [-0.15, -0.1) is 0 Å². The molecule has 2 aromatic carbocycles. The normalized spacial score (nSPS) is 19.6. The number of para-hydroxylation sites is 1. The van der Waals surface area contributed by atoms with Crippen molar-refractivity contribution in [3.8, 4) is 0 Å². The SMILES string of the molecule is COC(=O)C1Cc2c([nH]c3ccccc23)C(CCc2ccccc2)N1. The third kappa shape index (κ3) is 3.05. The van der Waals surface area contributed by atoms with E-state index in [0.29, 0.717) is 6.42 Å². The van der Waals surface area contributed by atoms with Crippen molar-refractivity contribution in [1.29, 1.82) is 0 Å². The number of aromatic amines is 1. The molecule has 4 nitrogen and oxygen atoms in total. The van der Waals surface area contributed by atoms with Crippen molar-refractivity contribution in [3.05, 3.63) is 71.4 Å². The summed E-state index contributed by atoms with van der Waals surface area (Å²) in [6.45, 7) is 0. The molecule has 1 aromatic heterocycles. The number of hydrogen-bond acceptors (Lipinski definition) is 3. The standard InChI is InChI=1S/C21H22N2O2/c1-25-21(24)19-13-16-15-9-5-6-10-17(15)23-20(16)18(22-19)12-11-14-7-3-2-4-8-14/h2-10,18-19,22-23H,11-13H2,1H3. The molecule has 0 amide bonds. The van der Waals surface area contributed by atoms with Crippen LogP contribution in [-0.2, 0) is 22.4 Å². The Bertz CT molecular complexity index is 885. The van der Waals surface area contributed by atoms with Gasteiger partial charge in [-0.05, 0) is 30.0 Å². The van der Waals surface area contributed by atoms with Gasteiger partial charge in [-0.2, -0.15) is 0 Å². The van der Waals surface area contributed by atoms with Gasteiger partial charge in [0, 0.05) is 29.1 Å². The number of carbonyl (C=O) groups is 1. The molecule has 128 valence electrons. The Morgan fingerprint density at radius 1 is 1.12 bits per heavy atom. The van der Waals surface area contributed by atoms with E-state index in [0.717, 1.165) is 18.4 Å². The summed E-state index contributed by atoms with van der Waals surface area (Å²) >= 11 is 0. The highest BCUT2D eigenvalue weighted by Crippen LogP contribution is 2.34. The summed E-state index contributed by atoms with van der Waals surface area (Å²) < 4.78 is 4.99. The summed E-state index contributed by atoms with van der Waals surface area (Å²) in [5, 5.41) is 4.69. The van der Waals surface area contributed by atoms with Gasteiger partial charge in [0.05, 0.1) is 7.11 Å². The van der Waals surface area contributed by atoms with E-state index in [1.54, 1.807) is 0 Å². The quantitative estimate of drug-likeness (QED) is 0.718. The van der Waals surface area contributed by atoms with E-state index >= 15 is 0 Å². The van der Waals surface area contributed by atoms with Gasteiger partial charge in [-0.1, -0.05) is 48.5 Å². The first-order valence-electron chi connectivity index (χ1n) is 8.73. The maximum Gasteiger partial charge on any atom is 0.323 e. The van der Waals surface area contributed by atoms with Crippen LogP contribution >= 0.6 is 0 Å². The van der Waals surface area contributed by atoms with Crippen molar-refractivity contribution >= 4 is 16.9 Å². The van der Waals surface area contributed by atoms with Crippen LogP contribution in [0.25, 0.3) is 10.9 Å². The fraction of sp³-hybridized carbons (Fsp3) is 0.286. The van der Waals surface area contributed by atoms with E-state index in [1.165, 1.54) is 29.3 Å². The molecular formula is C21H22N2O2. The van der Waals surface area contributed by atoms with Crippen molar-refractivity contribution < 1.29 is 9.53 Å². The maximum atomic E-state index is 12.2. The van der Waals surface area contributed by atoms with Crippen molar-refractivity contribution in [2.75, 3.05) is 7.11 Å². The number of hydrogen-bond donors (Lipinski definition) is 2. The second-order valence-corrected chi connectivity index (χ2v) is 6.59. The van der Waals surface area contributed by atoms with Crippen LogP contribution in [-0.4, -0.2) is 24.1 Å². The van der Waals surface area contributed by atoms with Gasteiger partial charge in [0.25, 0.3) is 0 Å². The average molecular weight is 334 g/mol. The molecule has 0 saturated carbocycles. The number of carbonyl (C=O) groups excluding carboxylic acids is 1. The molecule has 2 N–H and O–H groups in total. The van der Waals surface area contributed by atoms with Gasteiger partial charge < -0.3 is 9.72 Å². The highest BCUT2D eigenvalue weighted by molar-refractivity contribution is 5.87. The lowest BCUT2D eigenvalue weighted by Crippen LogP contribution is -2.45. The molecule has 1 aliphatic rings. The summed E-state index contributed by atoms with van der Waals surface area (Å²) in [5.74, 6) is -0.194. The van der Waals surface area contributed by atoms with Crippen molar-refractivity contribution in [3.63, 3.8) is 0 Å². The lowest BCUT2D eigenvalue weighted by atomic mass is 9.91. The van der Waals surface area contributed by atoms with Crippen LogP contribution in [0.2, 0.25) is 0 Å². The monoisotopic (exact) mass is 334 g/mol. The van der Waals surface area contributed by atoms with Crippen LogP contribution in [0.3, 0.4) is 0 Å². The minimum atomic E-state index is -0.294. The number of esters is 1. The number of fused-ring (bicyclic) bond motifs is 3. The van der Waals surface area contributed by atoms with Crippen LogP contribution in [0.4, 0.5) is 0 Å². The highest BCUT2D eigenvalue weighted by Gasteiger charge is 2.33. The third-order valence-corrected chi connectivity index (χ3v) is 5.06. The maximum absolute atomic E-state index is 12.2. The van der Waals surface area contributed by atoms with Crippen molar-refractivity contribution in [2.24, 2.45) is 0 Å². The molecule has 4 rings (SSSR count). The first kappa shape index (κ1) is 15.9. The van der Waals surface area contributed by atoms with Gasteiger partial charge in [-0.3, -0.25) is 10.1 Å². The summed E-state index contributed by atoms with van der Waals surface area (Å²) in [6.07, 6.45) is 2.55. The average Bonchev–Trinajstić information content (AvgIpc) is 3.05. The van der Waals surface area contributed by atoms with Gasteiger partial charge in [-0.25, -0.2) is 0 Å². The number of methoxy groups -OCH3 is 1. The second kappa shape index (κ2) is 6.73. The number of H-pyrrole nitrogens is 1. The highest BCUT2D eigenvalue weighted by atomic mass is 16.5. The first-order chi connectivity index (χ1) is 12.3. The summed E-state index contributed by atoms with van der Waals surface area (Å²) in [5.41, 5.74) is 4.88. The Kier molecular flexibility index (Phi) is 4.28. The van der Waals surface area contributed by atoms with E-state index in [2.05, 4.69) is 46.7 Å². The van der Waals surface area contributed by atoms with Crippen molar-refractivity contribution in [2.45, 2.75) is 31.3 Å². The zero-order chi connectivity index (χ0) is 17.2. The van der Waals surface area contributed by atoms with E-state index in [9.17, 15) is 4.79 Å². The Morgan fingerprint density at radius 2 is 1.88 bits per heavy atom. The molecule has 0 spiro atoms. The Labute approximate surface area is 147 Å². The predicted octanol–water partition coefficient (Wildman–Crippen LogP) is 3.53. The first-order valence-corrected chi connectivity index (χ1v) is 8.73.